The number of nitrogens with zero attached hydrogens (tertiary/aromatic N) is 4. The number of ether oxygens (including phenoxy) is 2. The number of nitrogens with two attached hydrogens (primary N) is 1. The highest BCUT2D eigenvalue weighted by Crippen LogP contribution is 2.37. The molecule has 0 spiro atoms. The first-order valence-corrected chi connectivity index (χ1v) is 12.2. The van der Waals surface area contributed by atoms with Crippen molar-refractivity contribution < 1.29 is 19.1 Å². The lowest BCUT2D eigenvalue weighted by atomic mass is 9.94. The van der Waals surface area contributed by atoms with Gasteiger partial charge in [-0.15, -0.1) is 0 Å². The van der Waals surface area contributed by atoms with Gasteiger partial charge in [-0.2, -0.15) is 9.97 Å². The highest BCUT2D eigenvalue weighted by molar-refractivity contribution is 6.31. The van der Waals surface area contributed by atoms with Crippen LogP contribution in [0.25, 0.3) is 0 Å². The first-order chi connectivity index (χ1) is 17.4. The number of carbonyl (C=O) groups excluding carboxylic acids is 1. The number of carbonyl (C=O) groups is 1. The number of halogens is 1. The van der Waals surface area contributed by atoms with Crippen molar-refractivity contribution >= 4 is 29.0 Å². The number of benzene rings is 1. The Balaban J connectivity index is 1.64. The van der Waals surface area contributed by atoms with Gasteiger partial charge in [-0.25, -0.2) is 5.48 Å². The van der Waals surface area contributed by atoms with E-state index in [0.29, 0.717) is 37.8 Å². The maximum Gasteiger partial charge on any atom is 0.318 e. The van der Waals surface area contributed by atoms with Gasteiger partial charge in [0.2, 0.25) is 0 Å². The van der Waals surface area contributed by atoms with Gasteiger partial charge in [0.1, 0.15) is 11.5 Å². The molecule has 1 aromatic carbocycles. The molecule has 0 aliphatic carbocycles. The first-order valence-electron chi connectivity index (χ1n) is 11.9. The second kappa shape index (κ2) is 11.7. The highest BCUT2D eigenvalue weighted by Gasteiger charge is 2.30. The predicted octanol–water partition coefficient (Wildman–Crippen LogP) is 2.69. The minimum absolute atomic E-state index is 0.0131. The van der Waals surface area contributed by atoms with E-state index < -0.39 is 5.91 Å². The van der Waals surface area contributed by atoms with Crippen LogP contribution in [0.5, 0.6) is 6.01 Å². The molecule has 0 fully saturated rings. The van der Waals surface area contributed by atoms with Crippen LogP contribution < -0.4 is 20.9 Å². The molecular formula is C25H31ClN6O4. The molecule has 1 atom stereocenters. The largest absolute Gasteiger partial charge is 0.467 e. The van der Waals surface area contributed by atoms with Crippen LogP contribution in [0.4, 0.5) is 5.82 Å². The van der Waals surface area contributed by atoms with Crippen LogP contribution >= 0.6 is 11.6 Å². The number of nitrogens with one attached hydrogen (secondary N) is 1. The molecule has 11 heteroatoms. The minimum Gasteiger partial charge on any atom is -0.467 e. The summed E-state index contributed by atoms with van der Waals surface area (Å²) in [6.45, 7) is 4.19. The van der Waals surface area contributed by atoms with E-state index in [1.54, 1.807) is 13.2 Å². The maximum atomic E-state index is 12.0. The Morgan fingerprint density at radius 1 is 1.36 bits per heavy atom. The average molecular weight is 515 g/mol. The summed E-state index contributed by atoms with van der Waals surface area (Å²) in [4.78, 5) is 32.7. The molecule has 2 aromatic rings. The summed E-state index contributed by atoms with van der Waals surface area (Å²) in [5.41, 5.74) is 12.8. The standard InChI is InChI=1S/C25H31ClN6O4/c1-4-16-17(7-5-8-19(16)26)22-12-21-18(14-36-22)23(30-25(29-21)34-2)32-10-6-9-28-15(13-32)11-20(27)24(33)31-35-3/h5,7-8,11,22H,4,6,9-10,12-14,27H2,1-3H3,(H,31,33)/b20-11-. The summed E-state index contributed by atoms with van der Waals surface area (Å²) >= 11 is 6.46. The molecule has 3 heterocycles. The third kappa shape index (κ3) is 5.61. The number of hydrogen-bond acceptors (Lipinski definition) is 9. The fraction of sp³-hybridized carbons (Fsp3) is 0.440. The number of aliphatic imine (C=N–C) groups is 1. The molecule has 0 saturated heterocycles. The Bertz CT molecular complexity index is 1190. The number of amides is 1. The first kappa shape index (κ1) is 25.9. The zero-order valence-electron chi connectivity index (χ0n) is 20.7. The van der Waals surface area contributed by atoms with Crippen molar-refractivity contribution in [2.45, 2.75) is 38.9 Å². The molecule has 4 rings (SSSR count). The number of anilines is 1. The zero-order chi connectivity index (χ0) is 25.7. The summed E-state index contributed by atoms with van der Waals surface area (Å²) in [6, 6.07) is 6.21. The number of aromatic nitrogens is 2. The van der Waals surface area contributed by atoms with Crippen molar-refractivity contribution in [1.29, 1.82) is 0 Å². The SMILES string of the molecule is CCc1c(Cl)cccc1C1Cc2nc(OC)nc(N3CCCN=C(/C=C(\N)C(=O)NOC)C3)c2CO1. The number of fused-ring (bicyclic) bond motifs is 1. The topological polar surface area (TPSA) is 124 Å². The number of hydrogen-bond donors (Lipinski definition) is 2. The van der Waals surface area contributed by atoms with Crippen molar-refractivity contribution in [2.24, 2.45) is 10.7 Å². The van der Waals surface area contributed by atoms with Gasteiger partial charge >= 0.3 is 6.01 Å². The minimum atomic E-state index is -0.524. The molecule has 1 amide bonds. The third-order valence-corrected chi connectivity index (χ3v) is 6.58. The fourth-order valence-electron chi connectivity index (χ4n) is 4.51. The van der Waals surface area contributed by atoms with Gasteiger partial charge in [-0.05, 0) is 36.1 Å². The Hall–Kier alpha value is -3.21. The fourth-order valence-corrected chi connectivity index (χ4v) is 4.83. The smallest absolute Gasteiger partial charge is 0.318 e. The normalized spacial score (nSPS) is 18.2. The van der Waals surface area contributed by atoms with Crippen LogP contribution in [0, 0.1) is 0 Å². The molecule has 1 aromatic heterocycles. The van der Waals surface area contributed by atoms with Crippen LogP contribution in [0.2, 0.25) is 5.02 Å². The van der Waals surface area contributed by atoms with Gasteiger partial charge in [0.25, 0.3) is 5.91 Å². The van der Waals surface area contributed by atoms with E-state index in [9.17, 15) is 4.79 Å². The van der Waals surface area contributed by atoms with E-state index in [1.807, 2.05) is 12.1 Å². The molecule has 192 valence electrons. The molecule has 0 bridgehead atoms. The van der Waals surface area contributed by atoms with E-state index in [0.717, 1.165) is 52.6 Å². The number of methoxy groups -OCH3 is 1. The molecule has 0 radical (unpaired) electrons. The lowest BCUT2D eigenvalue weighted by Crippen LogP contribution is -2.33. The van der Waals surface area contributed by atoms with Gasteiger partial charge in [0.05, 0.1) is 44.9 Å². The monoisotopic (exact) mass is 514 g/mol. The van der Waals surface area contributed by atoms with Crippen molar-refractivity contribution in [3.63, 3.8) is 0 Å². The van der Waals surface area contributed by atoms with Crippen LogP contribution in [0.15, 0.2) is 35.0 Å². The molecule has 36 heavy (non-hydrogen) atoms. The van der Waals surface area contributed by atoms with Crippen molar-refractivity contribution in [3.05, 3.63) is 57.4 Å². The second-order valence-corrected chi connectivity index (χ2v) is 8.91. The molecular weight excluding hydrogens is 484 g/mol. The summed E-state index contributed by atoms with van der Waals surface area (Å²) in [6.07, 6.45) is 3.61. The maximum absolute atomic E-state index is 12.0. The summed E-state index contributed by atoms with van der Waals surface area (Å²) in [5.74, 6) is 0.212. The third-order valence-electron chi connectivity index (χ3n) is 6.23. The van der Waals surface area contributed by atoms with Gasteiger partial charge < -0.3 is 20.1 Å². The number of hydroxylamine groups is 1. The van der Waals surface area contributed by atoms with Crippen LogP contribution in [-0.2, 0) is 33.8 Å². The average Bonchev–Trinajstić information content (AvgIpc) is 3.13. The quantitative estimate of drug-likeness (QED) is 0.427. The van der Waals surface area contributed by atoms with Crippen molar-refractivity contribution in [2.75, 3.05) is 38.8 Å². The van der Waals surface area contributed by atoms with Gasteiger partial charge in [-0.3, -0.25) is 14.6 Å². The predicted molar refractivity (Wildman–Crippen MR) is 137 cm³/mol. The Morgan fingerprint density at radius 2 is 2.19 bits per heavy atom. The lowest BCUT2D eigenvalue weighted by molar-refractivity contribution is -0.127. The van der Waals surface area contributed by atoms with E-state index >= 15 is 0 Å². The van der Waals surface area contributed by atoms with Gasteiger partial charge in [-0.1, -0.05) is 30.7 Å². The molecule has 2 aliphatic heterocycles. The zero-order valence-corrected chi connectivity index (χ0v) is 21.5. The van der Waals surface area contributed by atoms with Crippen LogP contribution in [0.1, 0.15) is 41.8 Å². The van der Waals surface area contributed by atoms with E-state index in [1.165, 1.54) is 7.11 Å². The van der Waals surface area contributed by atoms with E-state index in [-0.39, 0.29) is 11.8 Å². The Morgan fingerprint density at radius 3 is 2.94 bits per heavy atom. The van der Waals surface area contributed by atoms with Crippen molar-refractivity contribution in [1.82, 2.24) is 15.4 Å². The van der Waals surface area contributed by atoms with Crippen molar-refractivity contribution in [3.8, 4) is 6.01 Å². The van der Waals surface area contributed by atoms with Gasteiger partial charge in [0, 0.05) is 30.1 Å². The van der Waals surface area contributed by atoms with Gasteiger partial charge in [0.15, 0.2) is 0 Å². The molecule has 0 saturated carbocycles. The lowest BCUT2D eigenvalue weighted by Gasteiger charge is -2.31. The molecule has 10 nitrogen and oxygen atoms in total. The Kier molecular flexibility index (Phi) is 8.40. The summed E-state index contributed by atoms with van der Waals surface area (Å²) in [5, 5.41) is 0.744. The number of rotatable bonds is 7. The molecule has 3 N–H and O–H groups in total. The van der Waals surface area contributed by atoms with Crippen LogP contribution in [-0.4, -0.2) is 55.4 Å². The van der Waals surface area contributed by atoms with Crippen LogP contribution in [0.3, 0.4) is 0 Å². The highest BCUT2D eigenvalue weighted by atomic mass is 35.5. The summed E-state index contributed by atoms with van der Waals surface area (Å²) in [7, 11) is 2.91. The van der Waals surface area contributed by atoms with E-state index in [4.69, 9.17) is 26.8 Å². The second-order valence-electron chi connectivity index (χ2n) is 8.51. The van der Waals surface area contributed by atoms with E-state index in [2.05, 4.69) is 43.2 Å². The molecule has 2 aliphatic rings. The molecule has 1 unspecified atom stereocenters. The summed E-state index contributed by atoms with van der Waals surface area (Å²) < 4.78 is 11.8. The Labute approximate surface area is 215 Å².